The first kappa shape index (κ1) is 20.6. The van der Waals surface area contributed by atoms with E-state index in [4.69, 9.17) is 4.74 Å². The molecule has 2 aliphatic rings. The Bertz CT molecular complexity index is 1120. The van der Waals surface area contributed by atoms with Crippen molar-refractivity contribution in [1.82, 2.24) is 0 Å². The zero-order chi connectivity index (χ0) is 21.5. The van der Waals surface area contributed by atoms with Gasteiger partial charge >= 0.3 is 5.97 Å². The van der Waals surface area contributed by atoms with Gasteiger partial charge in [-0.05, 0) is 80.0 Å². The van der Waals surface area contributed by atoms with Gasteiger partial charge in [-0.2, -0.15) is 0 Å². The molecule has 0 saturated carbocycles. The normalized spacial score (nSPS) is 17.9. The number of ether oxygens (including phenoxy) is 1. The third kappa shape index (κ3) is 3.99. The van der Waals surface area contributed by atoms with Crippen molar-refractivity contribution in [3.05, 3.63) is 64.2 Å². The highest BCUT2D eigenvalue weighted by atomic mass is 32.2. The van der Waals surface area contributed by atoms with Crippen molar-refractivity contribution in [1.29, 1.82) is 0 Å². The maximum Gasteiger partial charge on any atom is 0.338 e. The summed E-state index contributed by atoms with van der Waals surface area (Å²) in [6.45, 7) is 1.51. The van der Waals surface area contributed by atoms with Crippen molar-refractivity contribution >= 4 is 27.5 Å². The predicted molar refractivity (Wildman–Crippen MR) is 115 cm³/mol. The molecule has 1 unspecified atom stereocenters. The number of nitrogens with zero attached hydrogens (tertiary/aromatic N) is 1. The molecule has 1 heterocycles. The van der Waals surface area contributed by atoms with E-state index in [1.54, 1.807) is 24.3 Å². The van der Waals surface area contributed by atoms with Gasteiger partial charge in [-0.3, -0.25) is 9.10 Å². The molecule has 30 heavy (non-hydrogen) atoms. The second kappa shape index (κ2) is 7.87. The van der Waals surface area contributed by atoms with Gasteiger partial charge in [0.05, 0.1) is 17.5 Å². The summed E-state index contributed by atoms with van der Waals surface area (Å²) in [6, 6.07) is 10.3. The summed E-state index contributed by atoms with van der Waals surface area (Å²) in [5.41, 5.74) is 4.76. The number of carbonyl (C=O) groups excluding carboxylic acids is 2. The molecule has 1 aliphatic carbocycles. The number of anilines is 1. The van der Waals surface area contributed by atoms with Crippen LogP contribution in [-0.2, 0) is 34.0 Å². The van der Waals surface area contributed by atoms with Crippen LogP contribution in [0.4, 0.5) is 5.69 Å². The highest BCUT2D eigenvalue weighted by Crippen LogP contribution is 2.34. The summed E-state index contributed by atoms with van der Waals surface area (Å²) >= 11 is 0. The lowest BCUT2D eigenvalue weighted by Gasteiger charge is -2.21. The number of ketones is 1. The Balaban J connectivity index is 1.44. The molecule has 4 rings (SSSR count). The Kier molecular flexibility index (Phi) is 5.40. The number of fused-ring (bicyclic) bond motifs is 2. The van der Waals surface area contributed by atoms with E-state index in [2.05, 4.69) is 0 Å². The molecule has 0 aromatic heterocycles. The summed E-state index contributed by atoms with van der Waals surface area (Å²) in [5, 5.41) is 0. The van der Waals surface area contributed by atoms with E-state index in [1.165, 1.54) is 28.1 Å². The summed E-state index contributed by atoms with van der Waals surface area (Å²) in [4.78, 5) is 25.0. The molecule has 0 spiro atoms. The number of carbonyl (C=O) groups is 2. The molecule has 6 nitrogen and oxygen atoms in total. The van der Waals surface area contributed by atoms with Crippen molar-refractivity contribution in [3.63, 3.8) is 0 Å². The second-order valence-electron chi connectivity index (χ2n) is 8.15. The number of rotatable bonds is 5. The molecule has 0 saturated heterocycles. The number of hydrogen-bond acceptors (Lipinski definition) is 5. The highest BCUT2D eigenvalue weighted by molar-refractivity contribution is 7.92. The van der Waals surface area contributed by atoms with Crippen LogP contribution in [-0.4, -0.2) is 39.1 Å². The number of hydrogen-bond donors (Lipinski definition) is 0. The number of aryl methyl sites for hydroxylation is 2. The van der Waals surface area contributed by atoms with Crippen LogP contribution in [0.5, 0.6) is 0 Å². The Labute approximate surface area is 176 Å². The van der Waals surface area contributed by atoms with E-state index in [0.717, 1.165) is 24.8 Å². The van der Waals surface area contributed by atoms with E-state index in [1.807, 2.05) is 19.1 Å². The Morgan fingerprint density at radius 3 is 2.40 bits per heavy atom. The number of Topliss-reactive ketones (excluding diaryl/α,β-unsaturated/α-hetero) is 1. The van der Waals surface area contributed by atoms with Crippen LogP contribution in [0.3, 0.4) is 0 Å². The van der Waals surface area contributed by atoms with Gasteiger partial charge in [-0.15, -0.1) is 0 Å². The quantitative estimate of drug-likeness (QED) is 0.540. The van der Waals surface area contributed by atoms with Crippen LogP contribution in [0, 0.1) is 0 Å². The molecule has 0 bridgehead atoms. The van der Waals surface area contributed by atoms with Crippen LogP contribution in [0.15, 0.2) is 36.4 Å². The molecule has 2 aromatic rings. The maximum absolute atomic E-state index is 12.5. The van der Waals surface area contributed by atoms with Crippen molar-refractivity contribution in [2.24, 2.45) is 0 Å². The fraction of sp³-hybridized carbons (Fsp3) is 0.391. The third-order valence-electron chi connectivity index (χ3n) is 5.83. The molecule has 0 N–H and O–H groups in total. The molecule has 158 valence electrons. The van der Waals surface area contributed by atoms with Gasteiger partial charge < -0.3 is 4.74 Å². The van der Waals surface area contributed by atoms with E-state index in [0.29, 0.717) is 23.2 Å². The molecule has 0 fully saturated rings. The van der Waals surface area contributed by atoms with Gasteiger partial charge in [0.15, 0.2) is 12.4 Å². The van der Waals surface area contributed by atoms with Gasteiger partial charge in [0.2, 0.25) is 10.0 Å². The third-order valence-corrected chi connectivity index (χ3v) is 7.10. The van der Waals surface area contributed by atoms with Crippen molar-refractivity contribution in [3.8, 4) is 0 Å². The molecule has 1 atom stereocenters. The van der Waals surface area contributed by atoms with Crippen LogP contribution < -0.4 is 4.31 Å². The fourth-order valence-corrected chi connectivity index (χ4v) is 5.70. The van der Waals surface area contributed by atoms with Gasteiger partial charge in [0, 0.05) is 11.6 Å². The van der Waals surface area contributed by atoms with E-state index < -0.39 is 16.0 Å². The van der Waals surface area contributed by atoms with E-state index in [9.17, 15) is 18.0 Å². The second-order valence-corrected chi connectivity index (χ2v) is 10.0. The Morgan fingerprint density at radius 1 is 1.00 bits per heavy atom. The lowest BCUT2D eigenvalue weighted by atomic mass is 9.90. The molecule has 0 amide bonds. The molecule has 7 heteroatoms. The van der Waals surface area contributed by atoms with Crippen molar-refractivity contribution in [2.45, 2.75) is 45.1 Å². The topological polar surface area (TPSA) is 80.8 Å². The standard InChI is InChI=1S/C23H25NO5S/c1-15-11-20-13-19(9-10-21(20)24(15)30(2,27)28)23(26)29-14-22(25)18-8-7-16-5-3-4-6-17(16)12-18/h7-10,12-13,15H,3-6,11,14H2,1-2H3. The van der Waals surface area contributed by atoms with Crippen LogP contribution in [0.2, 0.25) is 0 Å². The van der Waals surface area contributed by atoms with E-state index in [-0.39, 0.29) is 18.4 Å². The highest BCUT2D eigenvalue weighted by Gasteiger charge is 2.33. The summed E-state index contributed by atoms with van der Waals surface area (Å²) in [6.07, 6.45) is 6.04. The lowest BCUT2D eigenvalue weighted by molar-refractivity contribution is 0.0474. The zero-order valence-electron chi connectivity index (χ0n) is 17.2. The summed E-state index contributed by atoms with van der Waals surface area (Å²) < 4.78 is 30.7. The average Bonchev–Trinajstić information content (AvgIpc) is 3.06. The Hall–Kier alpha value is -2.67. The lowest BCUT2D eigenvalue weighted by Crippen LogP contribution is -2.34. The van der Waals surface area contributed by atoms with Gasteiger partial charge in [0.25, 0.3) is 0 Å². The SMILES string of the molecule is CC1Cc2cc(C(=O)OCC(=O)c3ccc4c(c3)CCCC4)ccc2N1S(C)(=O)=O. The largest absolute Gasteiger partial charge is 0.454 e. The van der Waals surface area contributed by atoms with Crippen LogP contribution in [0.1, 0.15) is 57.2 Å². The maximum atomic E-state index is 12.5. The van der Waals surface area contributed by atoms with Gasteiger partial charge in [0.1, 0.15) is 0 Å². The van der Waals surface area contributed by atoms with Crippen molar-refractivity contribution < 1.29 is 22.7 Å². The summed E-state index contributed by atoms with van der Waals surface area (Å²) in [7, 11) is -3.38. The molecule has 1 aliphatic heterocycles. The molecular formula is C23H25NO5S. The van der Waals surface area contributed by atoms with Gasteiger partial charge in [-0.1, -0.05) is 12.1 Å². The monoisotopic (exact) mass is 427 g/mol. The minimum absolute atomic E-state index is 0.202. The van der Waals surface area contributed by atoms with Gasteiger partial charge in [-0.25, -0.2) is 13.2 Å². The first-order valence-corrected chi connectivity index (χ1v) is 12.0. The smallest absolute Gasteiger partial charge is 0.338 e. The van der Waals surface area contributed by atoms with E-state index >= 15 is 0 Å². The average molecular weight is 428 g/mol. The van der Waals surface area contributed by atoms with Crippen molar-refractivity contribution in [2.75, 3.05) is 17.2 Å². The minimum atomic E-state index is -3.38. The number of sulfonamides is 1. The first-order valence-electron chi connectivity index (χ1n) is 10.2. The van der Waals surface area contributed by atoms with Crippen LogP contribution in [0.25, 0.3) is 0 Å². The molecule has 2 aromatic carbocycles. The molecular weight excluding hydrogens is 402 g/mol. The number of benzene rings is 2. The molecule has 0 radical (unpaired) electrons. The predicted octanol–water partition coefficient (Wildman–Crippen LogP) is 3.32. The zero-order valence-corrected chi connectivity index (χ0v) is 18.0. The first-order chi connectivity index (χ1) is 14.2. The summed E-state index contributed by atoms with van der Waals surface area (Å²) in [5.74, 6) is -0.815. The fourth-order valence-electron chi connectivity index (χ4n) is 4.44. The number of esters is 1. The minimum Gasteiger partial charge on any atom is -0.454 e. The van der Waals surface area contributed by atoms with Crippen LogP contribution >= 0.6 is 0 Å². The Morgan fingerprint density at radius 2 is 1.67 bits per heavy atom.